The van der Waals surface area contributed by atoms with Crippen LogP contribution < -0.4 is 11.2 Å². The van der Waals surface area contributed by atoms with Gasteiger partial charge in [-0.1, -0.05) is 4.73 Å². The lowest BCUT2D eigenvalue weighted by Gasteiger charge is -1.92. The van der Waals surface area contributed by atoms with Gasteiger partial charge >= 0.3 is 5.69 Å². The van der Waals surface area contributed by atoms with Gasteiger partial charge in [-0.15, -0.1) is 0 Å². The van der Waals surface area contributed by atoms with Crippen molar-refractivity contribution in [1.29, 1.82) is 0 Å². The van der Waals surface area contributed by atoms with Gasteiger partial charge in [0.25, 0.3) is 5.56 Å². The minimum atomic E-state index is -0.815. The molecule has 0 spiro atoms. The molecule has 0 saturated heterocycles. The van der Waals surface area contributed by atoms with Crippen molar-refractivity contribution in [3.63, 3.8) is 0 Å². The summed E-state index contributed by atoms with van der Waals surface area (Å²) < 4.78 is 0.0208. The van der Waals surface area contributed by atoms with Gasteiger partial charge in [0.15, 0.2) is 0 Å². The highest BCUT2D eigenvalue weighted by atomic mass is 16.5. The molecule has 0 aliphatic rings. The number of nitrogens with one attached hydrogen (secondary N) is 1. The highest BCUT2D eigenvalue weighted by Crippen LogP contribution is 1.75. The van der Waals surface area contributed by atoms with Gasteiger partial charge in [-0.25, -0.2) is 4.79 Å². The molecule has 1 aromatic rings. The van der Waals surface area contributed by atoms with Crippen LogP contribution in [0, 0.1) is 6.92 Å². The Kier molecular flexibility index (Phi) is 1.33. The van der Waals surface area contributed by atoms with E-state index in [1.165, 1.54) is 0 Å². The molecule has 1 rings (SSSR count). The van der Waals surface area contributed by atoms with Crippen LogP contribution >= 0.6 is 0 Å². The van der Waals surface area contributed by atoms with Gasteiger partial charge in [-0.2, -0.15) is 0 Å². The summed E-state index contributed by atoms with van der Waals surface area (Å²) in [6.45, 7) is 1.56. The number of aromatic amines is 1. The van der Waals surface area contributed by atoms with Crippen molar-refractivity contribution in [2.45, 2.75) is 6.92 Å². The number of H-pyrrole nitrogens is 1. The van der Waals surface area contributed by atoms with E-state index >= 15 is 0 Å². The molecule has 0 unspecified atom stereocenters. The lowest BCUT2D eigenvalue weighted by Crippen LogP contribution is -2.33. The monoisotopic (exact) mass is 142 g/mol. The molecule has 54 valence electrons. The van der Waals surface area contributed by atoms with Crippen LogP contribution in [0.4, 0.5) is 0 Å². The van der Waals surface area contributed by atoms with E-state index < -0.39 is 11.2 Å². The van der Waals surface area contributed by atoms with Crippen LogP contribution in [0.15, 0.2) is 15.7 Å². The Balaban J connectivity index is 3.62. The maximum absolute atomic E-state index is 10.6. The zero-order valence-corrected chi connectivity index (χ0v) is 5.29. The zero-order chi connectivity index (χ0) is 7.72. The van der Waals surface area contributed by atoms with Crippen LogP contribution in [-0.2, 0) is 0 Å². The molecule has 10 heavy (non-hydrogen) atoms. The van der Waals surface area contributed by atoms with Crippen LogP contribution in [0.5, 0.6) is 0 Å². The summed E-state index contributed by atoms with van der Waals surface area (Å²) >= 11 is 0. The molecule has 1 heterocycles. The van der Waals surface area contributed by atoms with Crippen molar-refractivity contribution in [3.05, 3.63) is 32.6 Å². The van der Waals surface area contributed by atoms with Crippen LogP contribution in [0.1, 0.15) is 5.69 Å². The molecule has 5 nitrogen and oxygen atoms in total. The number of hydrogen-bond donors (Lipinski definition) is 2. The Morgan fingerprint density at radius 2 is 2.20 bits per heavy atom. The highest BCUT2D eigenvalue weighted by Gasteiger charge is 1.96. The van der Waals surface area contributed by atoms with Gasteiger partial charge < -0.3 is 10.2 Å². The third-order valence-corrected chi connectivity index (χ3v) is 1.05. The van der Waals surface area contributed by atoms with Crippen molar-refractivity contribution in [3.8, 4) is 0 Å². The third kappa shape index (κ3) is 0.928. The quantitative estimate of drug-likeness (QED) is 0.460. The topological polar surface area (TPSA) is 75.1 Å². The largest absolute Gasteiger partial charge is 0.421 e. The summed E-state index contributed by atoms with van der Waals surface area (Å²) in [5.41, 5.74) is -1.11. The first-order chi connectivity index (χ1) is 4.61. The number of aromatic nitrogens is 2. The second kappa shape index (κ2) is 2.02. The Labute approximate surface area is 55.5 Å². The van der Waals surface area contributed by atoms with E-state index in [1.807, 2.05) is 0 Å². The van der Waals surface area contributed by atoms with Gasteiger partial charge in [0.2, 0.25) is 0 Å². The lowest BCUT2D eigenvalue weighted by atomic mass is 10.5. The normalized spacial score (nSPS) is 9.70. The molecular weight excluding hydrogens is 136 g/mol. The SMILES string of the molecule is Cc1cc(=O)n(O)c(=O)[nH]1. The van der Waals surface area contributed by atoms with Crippen molar-refractivity contribution < 1.29 is 5.21 Å². The number of nitrogens with zero attached hydrogens (tertiary/aromatic N) is 1. The van der Waals surface area contributed by atoms with E-state index in [4.69, 9.17) is 5.21 Å². The molecule has 0 aliphatic carbocycles. The van der Waals surface area contributed by atoms with E-state index in [0.29, 0.717) is 5.69 Å². The Bertz CT molecular complexity index is 317. The molecule has 0 saturated carbocycles. The maximum Gasteiger partial charge on any atom is 0.361 e. The van der Waals surface area contributed by atoms with Gasteiger partial charge in [0.1, 0.15) is 0 Å². The summed E-state index contributed by atoms with van der Waals surface area (Å²) in [6.07, 6.45) is 0. The van der Waals surface area contributed by atoms with Gasteiger partial charge in [-0.3, -0.25) is 4.79 Å². The van der Waals surface area contributed by atoms with E-state index in [0.717, 1.165) is 6.07 Å². The second-order valence-electron chi connectivity index (χ2n) is 1.91. The first-order valence-corrected chi connectivity index (χ1v) is 2.63. The number of aryl methyl sites for hydroxylation is 1. The Morgan fingerprint density at radius 3 is 2.70 bits per heavy atom. The molecule has 2 N–H and O–H groups in total. The molecule has 0 radical (unpaired) electrons. The lowest BCUT2D eigenvalue weighted by molar-refractivity contribution is 0.160. The summed E-state index contributed by atoms with van der Waals surface area (Å²) in [5.74, 6) is 0. The molecule has 0 fully saturated rings. The van der Waals surface area contributed by atoms with E-state index in [2.05, 4.69) is 4.98 Å². The number of hydrogen-bond acceptors (Lipinski definition) is 3. The number of rotatable bonds is 0. The first-order valence-electron chi connectivity index (χ1n) is 2.63. The molecule has 0 aliphatic heterocycles. The smallest absolute Gasteiger partial charge is 0.361 e. The summed E-state index contributed by atoms with van der Waals surface area (Å²) in [4.78, 5) is 23.3. The second-order valence-corrected chi connectivity index (χ2v) is 1.91. The highest BCUT2D eigenvalue weighted by molar-refractivity contribution is 4.94. The maximum atomic E-state index is 10.6. The van der Waals surface area contributed by atoms with Crippen molar-refractivity contribution in [2.75, 3.05) is 0 Å². The average Bonchev–Trinajstić information content (AvgIpc) is 1.82. The van der Waals surface area contributed by atoms with Gasteiger partial charge in [-0.05, 0) is 6.92 Å². The molecule has 0 aromatic carbocycles. The molecular formula is C5H6N2O3. The fourth-order valence-corrected chi connectivity index (χ4v) is 0.604. The Morgan fingerprint density at radius 1 is 1.60 bits per heavy atom. The van der Waals surface area contributed by atoms with Crippen LogP contribution in [-0.4, -0.2) is 14.9 Å². The third-order valence-electron chi connectivity index (χ3n) is 1.05. The predicted molar refractivity (Wildman–Crippen MR) is 33.2 cm³/mol. The zero-order valence-electron chi connectivity index (χ0n) is 5.29. The van der Waals surface area contributed by atoms with Crippen molar-refractivity contribution >= 4 is 0 Å². The fraction of sp³-hybridized carbons (Fsp3) is 0.200. The average molecular weight is 142 g/mol. The van der Waals surface area contributed by atoms with Crippen molar-refractivity contribution in [2.24, 2.45) is 0 Å². The minimum absolute atomic E-state index is 0.0208. The van der Waals surface area contributed by atoms with E-state index in [9.17, 15) is 9.59 Å². The Hall–Kier alpha value is -1.52. The summed E-state index contributed by atoms with van der Waals surface area (Å²) in [6, 6.07) is 1.13. The molecule has 0 bridgehead atoms. The van der Waals surface area contributed by atoms with Crippen LogP contribution in [0.2, 0.25) is 0 Å². The molecule has 1 aromatic heterocycles. The van der Waals surface area contributed by atoms with Gasteiger partial charge in [0, 0.05) is 11.8 Å². The predicted octanol–water partition coefficient (Wildman–Crippen LogP) is -0.918. The first kappa shape index (κ1) is 6.60. The van der Waals surface area contributed by atoms with Crippen molar-refractivity contribution in [1.82, 2.24) is 9.71 Å². The molecule has 5 heteroatoms. The van der Waals surface area contributed by atoms with E-state index in [-0.39, 0.29) is 4.73 Å². The van der Waals surface area contributed by atoms with Crippen LogP contribution in [0.3, 0.4) is 0 Å². The summed E-state index contributed by atoms with van der Waals surface area (Å²) in [7, 11) is 0. The summed E-state index contributed by atoms with van der Waals surface area (Å²) in [5, 5.41) is 8.59. The fourth-order valence-electron chi connectivity index (χ4n) is 0.604. The molecule has 0 atom stereocenters. The molecule has 0 amide bonds. The van der Waals surface area contributed by atoms with Crippen LogP contribution in [0.25, 0.3) is 0 Å². The minimum Gasteiger partial charge on any atom is -0.421 e. The van der Waals surface area contributed by atoms with Gasteiger partial charge in [0.05, 0.1) is 0 Å². The standard InChI is InChI=1S/C5H6N2O3/c1-3-2-4(8)7(10)5(9)6-3/h2,10H,1H3,(H,6,9). The van der Waals surface area contributed by atoms with E-state index in [1.54, 1.807) is 6.92 Å².